The van der Waals surface area contributed by atoms with Crippen LogP contribution in [-0.2, 0) is 11.2 Å². The Balaban J connectivity index is 2.32. The Morgan fingerprint density at radius 3 is 2.80 bits per heavy atom. The maximum Gasteiger partial charge on any atom is 0.191 e. The first-order valence-corrected chi connectivity index (χ1v) is 7.42. The van der Waals surface area contributed by atoms with Crippen molar-refractivity contribution in [1.29, 1.82) is 0 Å². The number of nitrogens with zero attached hydrogens (tertiary/aromatic N) is 1. The van der Waals surface area contributed by atoms with Gasteiger partial charge in [0.25, 0.3) is 0 Å². The van der Waals surface area contributed by atoms with E-state index in [9.17, 15) is 4.39 Å². The molecule has 112 valence electrons. The topological polar surface area (TPSA) is 45.6 Å². The van der Waals surface area contributed by atoms with E-state index in [4.69, 9.17) is 4.74 Å². The van der Waals surface area contributed by atoms with E-state index >= 15 is 0 Å². The van der Waals surface area contributed by atoms with Crippen molar-refractivity contribution in [2.45, 2.75) is 13.3 Å². The Bertz CT molecular complexity index is 440. The molecule has 0 aromatic heterocycles. The normalized spacial score (nSPS) is 11.5. The summed E-state index contributed by atoms with van der Waals surface area (Å²) in [5.41, 5.74) is 0.677. The van der Waals surface area contributed by atoms with Crippen LogP contribution in [0.3, 0.4) is 0 Å². The molecule has 0 fully saturated rings. The first-order chi connectivity index (χ1) is 9.67. The van der Waals surface area contributed by atoms with Crippen molar-refractivity contribution in [3.63, 3.8) is 0 Å². The van der Waals surface area contributed by atoms with Crippen molar-refractivity contribution in [3.05, 3.63) is 34.1 Å². The van der Waals surface area contributed by atoms with E-state index < -0.39 is 0 Å². The standard InChI is InChI=1S/C14H21BrFN3O/c1-3-20-9-8-19-14(17-2)18-7-6-11-10-12(15)4-5-13(11)16/h4-5,10H,3,6-9H2,1-2H3,(H2,17,18,19). The van der Waals surface area contributed by atoms with Gasteiger partial charge in [0.2, 0.25) is 0 Å². The van der Waals surface area contributed by atoms with E-state index in [1.807, 2.05) is 6.92 Å². The fraction of sp³-hybridized carbons (Fsp3) is 0.500. The number of nitrogens with one attached hydrogen (secondary N) is 2. The molecule has 20 heavy (non-hydrogen) atoms. The average Bonchev–Trinajstić information content (AvgIpc) is 2.45. The molecule has 0 radical (unpaired) electrons. The Labute approximate surface area is 127 Å². The predicted molar refractivity (Wildman–Crippen MR) is 83.7 cm³/mol. The number of ether oxygens (including phenoxy) is 1. The lowest BCUT2D eigenvalue weighted by atomic mass is 10.1. The molecule has 1 aromatic carbocycles. The molecule has 0 spiro atoms. The molecular formula is C14H21BrFN3O. The number of benzene rings is 1. The zero-order chi connectivity index (χ0) is 14.8. The molecule has 6 heteroatoms. The van der Waals surface area contributed by atoms with E-state index in [-0.39, 0.29) is 5.82 Å². The lowest BCUT2D eigenvalue weighted by Crippen LogP contribution is -2.39. The number of hydrogen-bond acceptors (Lipinski definition) is 2. The summed E-state index contributed by atoms with van der Waals surface area (Å²) in [6, 6.07) is 4.96. The Kier molecular flexibility index (Phi) is 8.22. The fourth-order valence-corrected chi connectivity index (χ4v) is 2.07. The van der Waals surface area contributed by atoms with Crippen LogP contribution in [0.5, 0.6) is 0 Å². The number of halogens is 2. The van der Waals surface area contributed by atoms with Gasteiger partial charge in [-0.05, 0) is 37.1 Å². The second kappa shape index (κ2) is 9.72. The molecule has 0 saturated heterocycles. The number of guanidine groups is 1. The molecular weight excluding hydrogens is 325 g/mol. The summed E-state index contributed by atoms with van der Waals surface area (Å²) in [5, 5.41) is 6.27. The van der Waals surface area contributed by atoms with E-state index in [0.29, 0.717) is 44.2 Å². The molecule has 0 heterocycles. The highest BCUT2D eigenvalue weighted by Gasteiger charge is 2.03. The minimum atomic E-state index is -0.186. The van der Waals surface area contributed by atoms with Gasteiger partial charge in [0.1, 0.15) is 5.82 Å². The minimum Gasteiger partial charge on any atom is -0.380 e. The van der Waals surface area contributed by atoms with Crippen LogP contribution >= 0.6 is 15.9 Å². The quantitative estimate of drug-likeness (QED) is 0.453. The van der Waals surface area contributed by atoms with Crippen LogP contribution in [-0.4, -0.2) is 39.3 Å². The van der Waals surface area contributed by atoms with Crippen molar-refractivity contribution >= 4 is 21.9 Å². The van der Waals surface area contributed by atoms with Crippen LogP contribution in [0, 0.1) is 5.82 Å². The molecule has 4 nitrogen and oxygen atoms in total. The molecule has 0 bridgehead atoms. The molecule has 0 amide bonds. The van der Waals surface area contributed by atoms with Crippen molar-refractivity contribution < 1.29 is 9.13 Å². The summed E-state index contributed by atoms with van der Waals surface area (Å²) in [7, 11) is 1.70. The molecule has 1 rings (SSSR count). The molecule has 0 aliphatic carbocycles. The number of rotatable bonds is 7. The fourth-order valence-electron chi connectivity index (χ4n) is 1.66. The van der Waals surface area contributed by atoms with Crippen LogP contribution in [0.1, 0.15) is 12.5 Å². The number of hydrogen-bond donors (Lipinski definition) is 2. The molecule has 0 saturated carbocycles. The van der Waals surface area contributed by atoms with Gasteiger partial charge in [-0.1, -0.05) is 15.9 Å². The lowest BCUT2D eigenvalue weighted by molar-refractivity contribution is 0.152. The first kappa shape index (κ1) is 16.9. The van der Waals surface area contributed by atoms with Gasteiger partial charge < -0.3 is 15.4 Å². The maximum atomic E-state index is 13.6. The lowest BCUT2D eigenvalue weighted by Gasteiger charge is -2.12. The van der Waals surface area contributed by atoms with Crippen molar-refractivity contribution in [1.82, 2.24) is 10.6 Å². The van der Waals surface area contributed by atoms with E-state index in [1.54, 1.807) is 19.2 Å². The minimum absolute atomic E-state index is 0.186. The molecule has 0 unspecified atom stereocenters. The van der Waals surface area contributed by atoms with Gasteiger partial charge in [-0.15, -0.1) is 0 Å². The van der Waals surface area contributed by atoms with Crippen molar-refractivity contribution in [2.24, 2.45) is 4.99 Å². The first-order valence-electron chi connectivity index (χ1n) is 6.63. The number of aliphatic imine (C=N–C) groups is 1. The summed E-state index contributed by atoms with van der Waals surface area (Å²) in [6.07, 6.45) is 0.595. The van der Waals surface area contributed by atoms with E-state index in [1.165, 1.54) is 6.07 Å². The van der Waals surface area contributed by atoms with Crippen LogP contribution < -0.4 is 10.6 Å². The third-order valence-electron chi connectivity index (χ3n) is 2.66. The maximum absolute atomic E-state index is 13.6. The molecule has 2 N–H and O–H groups in total. The molecule has 0 aliphatic heterocycles. The second-order valence-electron chi connectivity index (χ2n) is 4.11. The third-order valence-corrected chi connectivity index (χ3v) is 3.15. The Morgan fingerprint density at radius 2 is 2.10 bits per heavy atom. The van der Waals surface area contributed by atoms with Gasteiger partial charge in [-0.25, -0.2) is 4.39 Å². The summed E-state index contributed by atoms with van der Waals surface area (Å²) < 4.78 is 19.7. The monoisotopic (exact) mass is 345 g/mol. The van der Waals surface area contributed by atoms with Gasteiger partial charge in [0.05, 0.1) is 6.61 Å². The van der Waals surface area contributed by atoms with E-state index in [2.05, 4.69) is 31.6 Å². The van der Waals surface area contributed by atoms with Crippen molar-refractivity contribution in [3.8, 4) is 0 Å². The van der Waals surface area contributed by atoms with Crippen LogP contribution in [0.4, 0.5) is 4.39 Å². The SMILES string of the molecule is CCOCCNC(=NC)NCCc1cc(Br)ccc1F. The van der Waals surface area contributed by atoms with Crippen LogP contribution in [0.25, 0.3) is 0 Å². The summed E-state index contributed by atoms with van der Waals surface area (Å²) in [6.45, 7) is 4.60. The van der Waals surface area contributed by atoms with Crippen molar-refractivity contribution in [2.75, 3.05) is 33.4 Å². The zero-order valence-electron chi connectivity index (χ0n) is 11.9. The van der Waals surface area contributed by atoms with Gasteiger partial charge in [-0.2, -0.15) is 0 Å². The summed E-state index contributed by atoms with van der Waals surface area (Å²) in [5.74, 6) is 0.509. The highest BCUT2D eigenvalue weighted by molar-refractivity contribution is 9.10. The largest absolute Gasteiger partial charge is 0.380 e. The van der Waals surface area contributed by atoms with Crippen LogP contribution in [0.15, 0.2) is 27.7 Å². The van der Waals surface area contributed by atoms with E-state index in [0.717, 1.165) is 4.47 Å². The van der Waals surface area contributed by atoms with Gasteiger partial charge >= 0.3 is 0 Å². The highest BCUT2D eigenvalue weighted by Crippen LogP contribution is 2.15. The second-order valence-corrected chi connectivity index (χ2v) is 5.02. The van der Waals surface area contributed by atoms with Gasteiger partial charge in [0.15, 0.2) is 5.96 Å². The third kappa shape index (κ3) is 6.34. The molecule has 0 aliphatic rings. The van der Waals surface area contributed by atoms with Crippen LogP contribution in [0.2, 0.25) is 0 Å². The summed E-state index contributed by atoms with van der Waals surface area (Å²) in [4.78, 5) is 4.09. The smallest absolute Gasteiger partial charge is 0.191 e. The Hall–Kier alpha value is -1.14. The van der Waals surface area contributed by atoms with Gasteiger partial charge in [0, 0.05) is 31.2 Å². The predicted octanol–water partition coefficient (Wildman–Crippen LogP) is 2.33. The molecule has 0 atom stereocenters. The summed E-state index contributed by atoms with van der Waals surface area (Å²) >= 11 is 3.34. The highest BCUT2D eigenvalue weighted by atomic mass is 79.9. The average molecular weight is 346 g/mol. The zero-order valence-corrected chi connectivity index (χ0v) is 13.5. The molecule has 1 aromatic rings. The Morgan fingerprint density at radius 1 is 1.35 bits per heavy atom. The van der Waals surface area contributed by atoms with Gasteiger partial charge in [-0.3, -0.25) is 4.99 Å².